The smallest absolute Gasteiger partial charge is 0.363 e. The Kier molecular flexibility index (Phi) is 5.91. The van der Waals surface area contributed by atoms with E-state index in [1.807, 2.05) is 56.3 Å². The van der Waals surface area contributed by atoms with Crippen molar-refractivity contribution in [2.24, 2.45) is 4.99 Å². The number of carbonyl (C=O) groups is 1. The van der Waals surface area contributed by atoms with Gasteiger partial charge >= 0.3 is 5.97 Å². The predicted octanol–water partition coefficient (Wildman–Crippen LogP) is 4.53. The van der Waals surface area contributed by atoms with Crippen molar-refractivity contribution in [1.29, 1.82) is 0 Å². The van der Waals surface area contributed by atoms with Crippen LogP contribution in [0.3, 0.4) is 0 Å². The molecule has 0 aromatic heterocycles. The van der Waals surface area contributed by atoms with Gasteiger partial charge in [-0.05, 0) is 56.2 Å². The summed E-state index contributed by atoms with van der Waals surface area (Å²) in [5.74, 6) is 1.20. The Labute approximate surface area is 159 Å². The van der Waals surface area contributed by atoms with E-state index in [1.165, 1.54) is 0 Å². The number of hydrogen-bond donors (Lipinski definition) is 0. The highest BCUT2D eigenvalue weighted by atomic mass is 16.6. The summed E-state index contributed by atoms with van der Waals surface area (Å²) >= 11 is 0. The molecule has 2 aromatic rings. The van der Waals surface area contributed by atoms with E-state index in [0.717, 1.165) is 23.1 Å². The quantitative estimate of drug-likeness (QED) is 0.534. The van der Waals surface area contributed by atoms with E-state index >= 15 is 0 Å². The van der Waals surface area contributed by atoms with Gasteiger partial charge in [0.05, 0.1) is 13.2 Å². The van der Waals surface area contributed by atoms with Gasteiger partial charge in [-0.1, -0.05) is 30.7 Å². The van der Waals surface area contributed by atoms with Gasteiger partial charge in [-0.25, -0.2) is 9.79 Å². The molecule has 0 N–H and O–H groups in total. The van der Waals surface area contributed by atoms with Crippen molar-refractivity contribution in [3.8, 4) is 11.5 Å². The molecule has 0 amide bonds. The first-order valence-electron chi connectivity index (χ1n) is 9.10. The van der Waals surface area contributed by atoms with Crippen LogP contribution in [0.15, 0.2) is 53.2 Å². The zero-order valence-electron chi connectivity index (χ0n) is 15.8. The first-order valence-corrected chi connectivity index (χ1v) is 9.10. The molecule has 0 unspecified atom stereocenters. The number of benzene rings is 2. The van der Waals surface area contributed by atoms with Gasteiger partial charge in [0, 0.05) is 5.56 Å². The Hall–Kier alpha value is -3.08. The van der Waals surface area contributed by atoms with Crippen molar-refractivity contribution >= 4 is 17.9 Å². The summed E-state index contributed by atoms with van der Waals surface area (Å²) < 4.78 is 16.7. The summed E-state index contributed by atoms with van der Waals surface area (Å²) in [6.45, 7) is 7.12. The minimum absolute atomic E-state index is 0.259. The van der Waals surface area contributed by atoms with Crippen LogP contribution in [0, 0.1) is 6.92 Å². The van der Waals surface area contributed by atoms with E-state index in [4.69, 9.17) is 14.2 Å². The Morgan fingerprint density at radius 1 is 1.04 bits per heavy atom. The van der Waals surface area contributed by atoms with E-state index in [2.05, 4.69) is 11.9 Å². The summed E-state index contributed by atoms with van der Waals surface area (Å²) in [5.41, 5.74) is 2.96. The van der Waals surface area contributed by atoms with E-state index in [-0.39, 0.29) is 5.70 Å². The summed E-state index contributed by atoms with van der Waals surface area (Å²) in [5, 5.41) is 0. The molecule has 0 fully saturated rings. The molecule has 3 rings (SSSR count). The molecule has 0 saturated carbocycles. The summed E-state index contributed by atoms with van der Waals surface area (Å²) in [4.78, 5) is 16.5. The second-order valence-corrected chi connectivity index (χ2v) is 6.19. The fraction of sp³-hybridized carbons (Fsp3) is 0.273. The van der Waals surface area contributed by atoms with E-state index in [1.54, 1.807) is 6.08 Å². The first-order chi connectivity index (χ1) is 13.1. The van der Waals surface area contributed by atoms with E-state index in [9.17, 15) is 4.79 Å². The van der Waals surface area contributed by atoms with Crippen LogP contribution in [0.1, 0.15) is 37.0 Å². The predicted molar refractivity (Wildman–Crippen MR) is 105 cm³/mol. The van der Waals surface area contributed by atoms with Crippen molar-refractivity contribution < 1.29 is 19.0 Å². The maximum Gasteiger partial charge on any atom is 0.363 e. The highest BCUT2D eigenvalue weighted by molar-refractivity contribution is 6.12. The molecule has 2 aromatic carbocycles. The lowest BCUT2D eigenvalue weighted by molar-refractivity contribution is -0.129. The maximum absolute atomic E-state index is 12.2. The average molecular weight is 365 g/mol. The number of cyclic esters (lactones) is 1. The lowest BCUT2D eigenvalue weighted by atomic mass is 10.1. The van der Waals surface area contributed by atoms with Crippen LogP contribution in [0.25, 0.3) is 6.08 Å². The largest absolute Gasteiger partial charge is 0.490 e. The topological polar surface area (TPSA) is 57.1 Å². The zero-order chi connectivity index (χ0) is 19.2. The Bertz CT molecular complexity index is 882. The molecule has 0 atom stereocenters. The van der Waals surface area contributed by atoms with Crippen LogP contribution in [0.2, 0.25) is 0 Å². The van der Waals surface area contributed by atoms with Crippen molar-refractivity contribution in [2.45, 2.75) is 27.2 Å². The number of hydrogen-bond acceptors (Lipinski definition) is 5. The minimum Gasteiger partial charge on any atom is -0.490 e. The van der Waals surface area contributed by atoms with Gasteiger partial charge in [0.1, 0.15) is 0 Å². The van der Waals surface area contributed by atoms with Crippen LogP contribution in [0.4, 0.5) is 0 Å². The van der Waals surface area contributed by atoms with Crippen LogP contribution < -0.4 is 9.47 Å². The SMILES string of the molecule is CCCOc1ccc(/C=C2\N=C(c3ccc(C)cc3)OC2=O)cc1OCC. The number of aliphatic imine (C=N–C) groups is 1. The normalized spacial score (nSPS) is 14.9. The average Bonchev–Trinajstić information content (AvgIpc) is 3.02. The maximum atomic E-state index is 12.2. The van der Waals surface area contributed by atoms with Crippen molar-refractivity contribution in [1.82, 2.24) is 0 Å². The first kappa shape index (κ1) is 18.7. The van der Waals surface area contributed by atoms with Gasteiger partial charge in [-0.15, -0.1) is 0 Å². The molecule has 0 bridgehead atoms. The standard InChI is InChI=1S/C22H23NO4/c1-4-12-26-19-11-8-16(14-20(19)25-5-2)13-18-22(24)27-21(23-18)17-9-6-15(3)7-10-17/h6-11,13-14H,4-5,12H2,1-3H3/b18-13-. The molecule has 5 heteroatoms. The Balaban J connectivity index is 1.87. The van der Waals surface area contributed by atoms with Gasteiger partial charge in [0.15, 0.2) is 17.2 Å². The lowest BCUT2D eigenvalue weighted by Crippen LogP contribution is -2.05. The van der Waals surface area contributed by atoms with Gasteiger partial charge in [-0.2, -0.15) is 0 Å². The molecule has 0 radical (unpaired) electrons. The van der Waals surface area contributed by atoms with Gasteiger partial charge in [0.25, 0.3) is 0 Å². The monoisotopic (exact) mass is 365 g/mol. The Morgan fingerprint density at radius 3 is 2.52 bits per heavy atom. The molecule has 5 nitrogen and oxygen atoms in total. The molecule has 1 aliphatic rings. The molecule has 0 saturated heterocycles. The second-order valence-electron chi connectivity index (χ2n) is 6.19. The second kappa shape index (κ2) is 8.54. The lowest BCUT2D eigenvalue weighted by Gasteiger charge is -2.12. The molecule has 0 aliphatic carbocycles. The third-order valence-electron chi connectivity index (χ3n) is 3.95. The molecule has 1 heterocycles. The summed E-state index contributed by atoms with van der Waals surface area (Å²) in [6.07, 6.45) is 2.61. The highest BCUT2D eigenvalue weighted by Gasteiger charge is 2.24. The van der Waals surface area contributed by atoms with Gasteiger partial charge < -0.3 is 14.2 Å². The van der Waals surface area contributed by atoms with Crippen LogP contribution >= 0.6 is 0 Å². The fourth-order valence-electron chi connectivity index (χ4n) is 2.60. The van der Waals surface area contributed by atoms with E-state index < -0.39 is 5.97 Å². The molecule has 0 spiro atoms. The van der Waals surface area contributed by atoms with Gasteiger partial charge in [-0.3, -0.25) is 0 Å². The van der Waals surface area contributed by atoms with E-state index in [0.29, 0.717) is 30.6 Å². The van der Waals surface area contributed by atoms with Crippen LogP contribution in [0.5, 0.6) is 11.5 Å². The molecule has 1 aliphatic heterocycles. The van der Waals surface area contributed by atoms with Gasteiger partial charge in [0.2, 0.25) is 5.90 Å². The zero-order valence-corrected chi connectivity index (χ0v) is 15.8. The van der Waals surface area contributed by atoms with Crippen molar-refractivity contribution in [2.75, 3.05) is 13.2 Å². The molecule has 27 heavy (non-hydrogen) atoms. The third-order valence-corrected chi connectivity index (χ3v) is 3.95. The molecular formula is C22H23NO4. The molecule has 140 valence electrons. The highest BCUT2D eigenvalue weighted by Crippen LogP contribution is 2.30. The summed E-state index contributed by atoms with van der Waals surface area (Å²) in [7, 11) is 0. The molecular weight excluding hydrogens is 342 g/mol. The van der Waals surface area contributed by atoms with Crippen molar-refractivity contribution in [3.05, 3.63) is 64.9 Å². The number of carbonyl (C=O) groups excluding carboxylic acids is 1. The Morgan fingerprint density at radius 2 is 1.81 bits per heavy atom. The van der Waals surface area contributed by atoms with Crippen molar-refractivity contribution in [3.63, 3.8) is 0 Å². The number of rotatable bonds is 7. The number of aryl methyl sites for hydroxylation is 1. The number of esters is 1. The minimum atomic E-state index is -0.463. The fourth-order valence-corrected chi connectivity index (χ4v) is 2.60. The third kappa shape index (κ3) is 4.56. The van der Waals surface area contributed by atoms with Crippen LogP contribution in [-0.2, 0) is 9.53 Å². The number of nitrogens with zero attached hydrogens (tertiary/aromatic N) is 1. The summed E-state index contributed by atoms with van der Waals surface area (Å²) in [6, 6.07) is 13.2. The number of ether oxygens (including phenoxy) is 3. The van der Waals surface area contributed by atoms with Crippen LogP contribution in [-0.4, -0.2) is 25.1 Å².